The first kappa shape index (κ1) is 19.6. The van der Waals surface area contributed by atoms with E-state index in [0.717, 1.165) is 44.1 Å². The number of thiazole rings is 1. The van der Waals surface area contributed by atoms with Crippen LogP contribution in [0.3, 0.4) is 0 Å². The van der Waals surface area contributed by atoms with Crippen LogP contribution in [0.4, 0.5) is 9.93 Å². The van der Waals surface area contributed by atoms with Crippen LogP contribution in [0.15, 0.2) is 6.20 Å². The topological polar surface area (TPSA) is 78.0 Å². The van der Waals surface area contributed by atoms with Crippen LogP contribution < -0.4 is 5.32 Å². The van der Waals surface area contributed by atoms with Crippen molar-refractivity contribution in [3.63, 3.8) is 0 Å². The third-order valence-corrected chi connectivity index (χ3v) is 4.69. The number of amides is 3. The van der Waals surface area contributed by atoms with E-state index in [0.29, 0.717) is 11.7 Å². The van der Waals surface area contributed by atoms with Gasteiger partial charge in [0.15, 0.2) is 5.13 Å². The van der Waals surface area contributed by atoms with Crippen LogP contribution in [-0.2, 0) is 9.53 Å². The van der Waals surface area contributed by atoms with Crippen molar-refractivity contribution in [1.82, 2.24) is 19.7 Å². The average Bonchev–Trinajstić information content (AvgIpc) is 2.99. The molecule has 2 rings (SSSR count). The summed E-state index contributed by atoms with van der Waals surface area (Å²) in [6.07, 6.45) is 2.54. The lowest BCUT2D eigenvalue weighted by Crippen LogP contribution is -2.45. The van der Waals surface area contributed by atoms with E-state index in [1.165, 1.54) is 16.2 Å². The number of carbonyl (C=O) groups is 2. The number of ether oxygens (including phenoxy) is 1. The number of rotatable bonds is 7. The molecule has 1 aromatic rings. The summed E-state index contributed by atoms with van der Waals surface area (Å²) in [7, 11) is 3.39. The van der Waals surface area contributed by atoms with Crippen molar-refractivity contribution in [2.75, 3.05) is 65.3 Å². The molecule has 0 saturated carbocycles. The van der Waals surface area contributed by atoms with Crippen LogP contribution in [0.1, 0.15) is 11.3 Å². The van der Waals surface area contributed by atoms with Gasteiger partial charge in [0.2, 0.25) is 5.91 Å². The highest BCUT2D eigenvalue weighted by Gasteiger charge is 2.20. The van der Waals surface area contributed by atoms with Crippen LogP contribution in [0.25, 0.3) is 0 Å². The van der Waals surface area contributed by atoms with E-state index in [9.17, 15) is 9.59 Å². The predicted molar refractivity (Wildman–Crippen MR) is 98.0 cm³/mol. The van der Waals surface area contributed by atoms with Gasteiger partial charge in [0.05, 0.1) is 13.2 Å². The summed E-state index contributed by atoms with van der Waals surface area (Å²) in [6.45, 7) is 6.76. The summed E-state index contributed by atoms with van der Waals surface area (Å²) in [5, 5.41) is 3.32. The molecule has 0 bridgehead atoms. The summed E-state index contributed by atoms with van der Waals surface area (Å²) in [6, 6.07) is -0.160. The highest BCUT2D eigenvalue weighted by Crippen LogP contribution is 2.16. The van der Waals surface area contributed by atoms with Gasteiger partial charge < -0.3 is 19.9 Å². The number of carbonyl (C=O) groups excluding carboxylic acids is 2. The number of aryl methyl sites for hydroxylation is 1. The minimum atomic E-state index is -0.226. The Bertz CT molecular complexity index is 572. The monoisotopic (exact) mass is 369 g/mol. The standard InChI is InChI=1S/C16H27N5O3S/c1-13-11-17-15(25-13)18-14(22)12-21(16(23)19(2)3)6-4-5-20-7-9-24-10-8-20/h11H,4-10,12H2,1-3H3,(H,17,18,22). The average molecular weight is 369 g/mol. The number of nitrogens with one attached hydrogen (secondary N) is 1. The van der Waals surface area contributed by atoms with E-state index in [-0.39, 0.29) is 18.5 Å². The Labute approximate surface area is 152 Å². The van der Waals surface area contributed by atoms with Crippen LogP contribution >= 0.6 is 11.3 Å². The van der Waals surface area contributed by atoms with E-state index in [1.54, 1.807) is 25.2 Å². The first-order chi connectivity index (χ1) is 12.0. The number of nitrogens with zero attached hydrogens (tertiary/aromatic N) is 4. The molecular formula is C16H27N5O3S. The van der Waals surface area contributed by atoms with E-state index < -0.39 is 0 Å². The van der Waals surface area contributed by atoms with Gasteiger partial charge in [0.25, 0.3) is 0 Å². The normalized spacial score (nSPS) is 15.0. The maximum atomic E-state index is 12.3. The van der Waals surface area contributed by atoms with Crippen molar-refractivity contribution >= 4 is 28.4 Å². The molecule has 0 spiro atoms. The minimum Gasteiger partial charge on any atom is -0.379 e. The lowest BCUT2D eigenvalue weighted by Gasteiger charge is -2.29. The minimum absolute atomic E-state index is 0.0265. The summed E-state index contributed by atoms with van der Waals surface area (Å²) in [5.41, 5.74) is 0. The maximum Gasteiger partial charge on any atom is 0.319 e. The number of hydrogen-bond acceptors (Lipinski definition) is 6. The quantitative estimate of drug-likeness (QED) is 0.779. The van der Waals surface area contributed by atoms with Gasteiger partial charge in [0, 0.05) is 51.3 Å². The molecule has 3 amide bonds. The summed E-state index contributed by atoms with van der Waals surface area (Å²) in [4.78, 5) is 35.1. The Morgan fingerprint density at radius 2 is 2.08 bits per heavy atom. The molecule has 25 heavy (non-hydrogen) atoms. The molecule has 0 aliphatic carbocycles. The molecule has 1 saturated heterocycles. The Balaban J connectivity index is 1.83. The SMILES string of the molecule is Cc1cnc(NC(=O)CN(CCCN2CCOCC2)C(=O)N(C)C)s1. The fourth-order valence-corrected chi connectivity index (χ4v) is 3.26. The first-order valence-electron chi connectivity index (χ1n) is 8.44. The van der Waals surface area contributed by atoms with Crippen molar-refractivity contribution < 1.29 is 14.3 Å². The van der Waals surface area contributed by atoms with Crippen LogP contribution in [0, 0.1) is 6.92 Å². The molecule has 9 heteroatoms. The van der Waals surface area contributed by atoms with Gasteiger partial charge >= 0.3 is 6.03 Å². The highest BCUT2D eigenvalue weighted by atomic mass is 32.1. The first-order valence-corrected chi connectivity index (χ1v) is 9.26. The second-order valence-corrected chi connectivity index (χ2v) is 7.47. The molecule has 1 aliphatic heterocycles. The summed E-state index contributed by atoms with van der Waals surface area (Å²) in [5.74, 6) is -0.226. The van der Waals surface area contributed by atoms with E-state index in [1.807, 2.05) is 6.92 Å². The molecule has 2 heterocycles. The Morgan fingerprint density at radius 1 is 1.36 bits per heavy atom. The fraction of sp³-hybridized carbons (Fsp3) is 0.688. The second kappa shape index (κ2) is 9.69. The Kier molecular flexibility index (Phi) is 7.60. The predicted octanol–water partition coefficient (Wildman–Crippen LogP) is 1.10. The van der Waals surface area contributed by atoms with E-state index in [2.05, 4.69) is 15.2 Å². The lowest BCUT2D eigenvalue weighted by atomic mass is 10.3. The van der Waals surface area contributed by atoms with Gasteiger partial charge in [-0.3, -0.25) is 9.69 Å². The smallest absolute Gasteiger partial charge is 0.319 e. The number of aromatic nitrogens is 1. The zero-order chi connectivity index (χ0) is 18.2. The third-order valence-electron chi connectivity index (χ3n) is 3.86. The van der Waals surface area contributed by atoms with Gasteiger partial charge in [-0.1, -0.05) is 0 Å². The molecular weight excluding hydrogens is 342 g/mol. The molecule has 140 valence electrons. The Hall–Kier alpha value is -1.71. The summed E-state index contributed by atoms with van der Waals surface area (Å²) < 4.78 is 5.34. The molecule has 0 radical (unpaired) electrons. The highest BCUT2D eigenvalue weighted by molar-refractivity contribution is 7.15. The second-order valence-electron chi connectivity index (χ2n) is 6.23. The number of morpholine rings is 1. The molecule has 0 unspecified atom stereocenters. The summed E-state index contributed by atoms with van der Waals surface area (Å²) >= 11 is 1.42. The zero-order valence-corrected chi connectivity index (χ0v) is 16.0. The fourth-order valence-electron chi connectivity index (χ4n) is 2.58. The van der Waals surface area contributed by atoms with Crippen molar-refractivity contribution in [2.24, 2.45) is 0 Å². The lowest BCUT2D eigenvalue weighted by molar-refractivity contribution is -0.116. The van der Waals surface area contributed by atoms with Gasteiger partial charge in [-0.15, -0.1) is 11.3 Å². The third kappa shape index (κ3) is 6.60. The number of hydrogen-bond donors (Lipinski definition) is 1. The van der Waals surface area contributed by atoms with Gasteiger partial charge in [-0.05, 0) is 13.3 Å². The molecule has 1 N–H and O–H groups in total. The van der Waals surface area contributed by atoms with Crippen molar-refractivity contribution in [2.45, 2.75) is 13.3 Å². The zero-order valence-electron chi connectivity index (χ0n) is 15.2. The largest absolute Gasteiger partial charge is 0.379 e. The molecule has 0 aromatic carbocycles. The molecule has 1 fully saturated rings. The maximum absolute atomic E-state index is 12.3. The van der Waals surface area contributed by atoms with Crippen molar-refractivity contribution in [1.29, 1.82) is 0 Å². The number of anilines is 1. The van der Waals surface area contributed by atoms with Crippen LogP contribution in [0.2, 0.25) is 0 Å². The van der Waals surface area contributed by atoms with Crippen molar-refractivity contribution in [3.8, 4) is 0 Å². The van der Waals surface area contributed by atoms with Crippen LogP contribution in [0.5, 0.6) is 0 Å². The van der Waals surface area contributed by atoms with E-state index >= 15 is 0 Å². The van der Waals surface area contributed by atoms with E-state index in [4.69, 9.17) is 4.74 Å². The molecule has 1 aliphatic rings. The molecule has 8 nitrogen and oxygen atoms in total. The van der Waals surface area contributed by atoms with Crippen LogP contribution in [-0.4, -0.2) is 91.7 Å². The van der Waals surface area contributed by atoms with Gasteiger partial charge in [-0.2, -0.15) is 0 Å². The Morgan fingerprint density at radius 3 is 2.68 bits per heavy atom. The van der Waals surface area contributed by atoms with Gasteiger partial charge in [-0.25, -0.2) is 9.78 Å². The van der Waals surface area contributed by atoms with Gasteiger partial charge in [0.1, 0.15) is 6.54 Å². The molecule has 1 aromatic heterocycles. The molecule has 0 atom stereocenters. The number of urea groups is 1. The van der Waals surface area contributed by atoms with Crippen molar-refractivity contribution in [3.05, 3.63) is 11.1 Å².